The molecule has 0 aliphatic carbocycles. The molecular weight excluding hydrogens is 300 g/mol. The SMILES string of the molecule is Cc1cc(F)c(C(=O)NCC(CCO)c2ccccc2)cc1F. The highest BCUT2D eigenvalue weighted by Gasteiger charge is 2.17. The number of hydrogen-bond acceptors (Lipinski definition) is 2. The molecule has 5 heteroatoms. The van der Waals surface area contributed by atoms with Gasteiger partial charge in [-0.2, -0.15) is 0 Å². The first-order chi connectivity index (χ1) is 11.0. The van der Waals surface area contributed by atoms with Crippen molar-refractivity contribution in [2.75, 3.05) is 13.2 Å². The van der Waals surface area contributed by atoms with Crippen molar-refractivity contribution in [3.63, 3.8) is 0 Å². The lowest BCUT2D eigenvalue weighted by molar-refractivity contribution is 0.0944. The molecule has 122 valence electrons. The number of amides is 1. The number of benzene rings is 2. The van der Waals surface area contributed by atoms with Crippen molar-refractivity contribution in [1.29, 1.82) is 0 Å². The van der Waals surface area contributed by atoms with Crippen LogP contribution in [0.25, 0.3) is 0 Å². The summed E-state index contributed by atoms with van der Waals surface area (Å²) in [5, 5.41) is 11.8. The monoisotopic (exact) mass is 319 g/mol. The Bertz CT molecular complexity index is 674. The molecule has 0 aromatic heterocycles. The molecule has 0 spiro atoms. The van der Waals surface area contributed by atoms with Gasteiger partial charge in [-0.05, 0) is 36.6 Å². The zero-order chi connectivity index (χ0) is 16.8. The molecular formula is C18H19F2NO2. The molecule has 0 fully saturated rings. The van der Waals surface area contributed by atoms with Crippen molar-refractivity contribution in [2.24, 2.45) is 0 Å². The van der Waals surface area contributed by atoms with E-state index < -0.39 is 17.5 Å². The predicted molar refractivity (Wildman–Crippen MR) is 84.3 cm³/mol. The number of aliphatic hydroxyl groups is 1. The Morgan fingerprint density at radius 2 is 1.87 bits per heavy atom. The first kappa shape index (κ1) is 17.1. The van der Waals surface area contributed by atoms with Crippen LogP contribution < -0.4 is 5.32 Å². The number of nitrogens with one attached hydrogen (secondary N) is 1. The summed E-state index contributed by atoms with van der Waals surface area (Å²) in [7, 11) is 0. The van der Waals surface area contributed by atoms with Gasteiger partial charge in [-0.15, -0.1) is 0 Å². The van der Waals surface area contributed by atoms with Crippen LogP contribution in [-0.2, 0) is 0 Å². The fourth-order valence-electron chi connectivity index (χ4n) is 2.40. The first-order valence-electron chi connectivity index (χ1n) is 7.42. The molecule has 2 aromatic carbocycles. The Balaban J connectivity index is 2.09. The zero-order valence-corrected chi connectivity index (χ0v) is 12.9. The van der Waals surface area contributed by atoms with Crippen LogP contribution in [0.15, 0.2) is 42.5 Å². The molecule has 0 saturated carbocycles. The number of carbonyl (C=O) groups excluding carboxylic acids is 1. The summed E-state index contributed by atoms with van der Waals surface area (Å²) in [6.45, 7) is 1.65. The maximum atomic E-state index is 13.8. The Labute approximate surface area is 134 Å². The smallest absolute Gasteiger partial charge is 0.254 e. The van der Waals surface area contributed by atoms with Crippen LogP contribution in [-0.4, -0.2) is 24.2 Å². The third kappa shape index (κ3) is 4.36. The van der Waals surface area contributed by atoms with E-state index in [1.165, 1.54) is 6.92 Å². The number of aliphatic hydroxyl groups excluding tert-OH is 1. The van der Waals surface area contributed by atoms with Gasteiger partial charge >= 0.3 is 0 Å². The van der Waals surface area contributed by atoms with Gasteiger partial charge in [0.25, 0.3) is 5.91 Å². The second-order valence-electron chi connectivity index (χ2n) is 5.41. The van der Waals surface area contributed by atoms with Crippen molar-refractivity contribution in [3.05, 3.63) is 70.8 Å². The van der Waals surface area contributed by atoms with Gasteiger partial charge in [0, 0.05) is 19.1 Å². The molecule has 23 heavy (non-hydrogen) atoms. The average Bonchev–Trinajstić information content (AvgIpc) is 2.55. The Kier molecular flexibility index (Phi) is 5.82. The second kappa shape index (κ2) is 7.83. The van der Waals surface area contributed by atoms with E-state index in [9.17, 15) is 13.6 Å². The molecule has 0 bridgehead atoms. The Morgan fingerprint density at radius 3 is 2.52 bits per heavy atom. The van der Waals surface area contributed by atoms with Gasteiger partial charge in [0.15, 0.2) is 0 Å². The van der Waals surface area contributed by atoms with E-state index in [4.69, 9.17) is 5.11 Å². The Hall–Kier alpha value is -2.27. The van der Waals surface area contributed by atoms with Crippen LogP contribution in [0.3, 0.4) is 0 Å². The van der Waals surface area contributed by atoms with Crippen molar-refractivity contribution in [3.8, 4) is 0 Å². The normalized spacial score (nSPS) is 12.0. The van der Waals surface area contributed by atoms with E-state index in [0.29, 0.717) is 6.42 Å². The molecule has 0 radical (unpaired) electrons. The van der Waals surface area contributed by atoms with Crippen molar-refractivity contribution in [2.45, 2.75) is 19.3 Å². The number of rotatable bonds is 6. The van der Waals surface area contributed by atoms with E-state index in [0.717, 1.165) is 17.7 Å². The molecule has 2 rings (SSSR count). The molecule has 1 atom stereocenters. The van der Waals surface area contributed by atoms with Crippen LogP contribution in [0.4, 0.5) is 8.78 Å². The average molecular weight is 319 g/mol. The molecule has 1 unspecified atom stereocenters. The highest BCUT2D eigenvalue weighted by atomic mass is 19.1. The molecule has 0 heterocycles. The van der Waals surface area contributed by atoms with Crippen molar-refractivity contribution < 1.29 is 18.7 Å². The predicted octanol–water partition coefficient (Wildman–Crippen LogP) is 3.17. The maximum absolute atomic E-state index is 13.8. The summed E-state index contributed by atoms with van der Waals surface area (Å²) < 4.78 is 27.3. The third-order valence-corrected chi connectivity index (χ3v) is 3.75. The lowest BCUT2D eigenvalue weighted by Crippen LogP contribution is -2.29. The summed E-state index contributed by atoms with van der Waals surface area (Å²) in [6.07, 6.45) is 0.467. The fourth-order valence-corrected chi connectivity index (χ4v) is 2.40. The minimum atomic E-state index is -0.750. The van der Waals surface area contributed by atoms with Gasteiger partial charge < -0.3 is 10.4 Å². The highest BCUT2D eigenvalue weighted by Crippen LogP contribution is 2.19. The third-order valence-electron chi connectivity index (χ3n) is 3.75. The topological polar surface area (TPSA) is 49.3 Å². The van der Waals surface area contributed by atoms with E-state index in [-0.39, 0.29) is 30.2 Å². The molecule has 3 nitrogen and oxygen atoms in total. The van der Waals surface area contributed by atoms with E-state index in [1.807, 2.05) is 30.3 Å². The van der Waals surface area contributed by atoms with Crippen LogP contribution in [0.1, 0.15) is 33.8 Å². The fraction of sp³-hybridized carbons (Fsp3) is 0.278. The molecule has 2 aromatic rings. The quantitative estimate of drug-likeness (QED) is 0.859. The van der Waals surface area contributed by atoms with Crippen molar-refractivity contribution >= 4 is 5.91 Å². The largest absolute Gasteiger partial charge is 0.396 e. The summed E-state index contributed by atoms with van der Waals surface area (Å²) in [5.74, 6) is -2.13. The summed E-state index contributed by atoms with van der Waals surface area (Å²) >= 11 is 0. The number of hydrogen-bond donors (Lipinski definition) is 2. The Morgan fingerprint density at radius 1 is 1.17 bits per heavy atom. The van der Waals surface area contributed by atoms with E-state index in [2.05, 4.69) is 5.32 Å². The zero-order valence-electron chi connectivity index (χ0n) is 12.9. The lowest BCUT2D eigenvalue weighted by atomic mass is 9.96. The van der Waals surface area contributed by atoms with Gasteiger partial charge in [-0.3, -0.25) is 4.79 Å². The molecule has 0 saturated heterocycles. The molecule has 0 aliphatic heterocycles. The molecule has 2 N–H and O–H groups in total. The minimum Gasteiger partial charge on any atom is -0.396 e. The number of carbonyl (C=O) groups is 1. The number of halogens is 2. The minimum absolute atomic E-state index is 0.0248. The standard InChI is InChI=1S/C18H19F2NO2/c1-12-9-17(20)15(10-16(12)19)18(23)21-11-14(7-8-22)13-5-3-2-4-6-13/h2-6,9-10,14,22H,7-8,11H2,1H3,(H,21,23). The van der Waals surface area contributed by atoms with Crippen LogP contribution >= 0.6 is 0 Å². The molecule has 1 amide bonds. The van der Waals surface area contributed by atoms with Gasteiger partial charge in [0.2, 0.25) is 0 Å². The van der Waals surface area contributed by atoms with E-state index in [1.54, 1.807) is 0 Å². The summed E-state index contributed by atoms with van der Waals surface area (Å²) in [6, 6.07) is 11.3. The van der Waals surface area contributed by atoms with Crippen LogP contribution in [0, 0.1) is 18.6 Å². The lowest BCUT2D eigenvalue weighted by Gasteiger charge is -2.17. The van der Waals surface area contributed by atoms with Crippen molar-refractivity contribution in [1.82, 2.24) is 5.32 Å². The van der Waals surface area contributed by atoms with Crippen LogP contribution in [0.5, 0.6) is 0 Å². The molecule has 0 aliphatic rings. The van der Waals surface area contributed by atoms with E-state index >= 15 is 0 Å². The summed E-state index contributed by atoms with van der Waals surface area (Å²) in [5.41, 5.74) is 0.808. The van der Waals surface area contributed by atoms with Gasteiger partial charge in [-0.25, -0.2) is 8.78 Å². The van der Waals surface area contributed by atoms with Gasteiger partial charge in [-0.1, -0.05) is 30.3 Å². The number of aryl methyl sites for hydroxylation is 1. The van der Waals surface area contributed by atoms with Gasteiger partial charge in [0.05, 0.1) is 5.56 Å². The van der Waals surface area contributed by atoms with Gasteiger partial charge in [0.1, 0.15) is 11.6 Å². The maximum Gasteiger partial charge on any atom is 0.254 e. The summed E-state index contributed by atoms with van der Waals surface area (Å²) in [4.78, 5) is 12.1. The van der Waals surface area contributed by atoms with Crippen LogP contribution in [0.2, 0.25) is 0 Å². The highest BCUT2D eigenvalue weighted by molar-refractivity contribution is 5.94. The first-order valence-corrected chi connectivity index (χ1v) is 7.42. The second-order valence-corrected chi connectivity index (χ2v) is 5.41.